The van der Waals surface area contributed by atoms with E-state index in [0.29, 0.717) is 18.3 Å². The maximum absolute atomic E-state index is 10.9. The molecule has 0 aliphatic heterocycles. The number of aromatic nitrogens is 1. The van der Waals surface area contributed by atoms with Crippen LogP contribution < -0.4 is 5.32 Å². The molecule has 0 spiro atoms. The molecule has 0 saturated heterocycles. The number of carboxylic acids is 1. The molecule has 1 aliphatic carbocycles. The molecule has 30 heavy (non-hydrogen) atoms. The molecule has 3 aromatic rings. The molecule has 1 aromatic heterocycles. The van der Waals surface area contributed by atoms with E-state index in [4.69, 9.17) is 5.11 Å². The van der Waals surface area contributed by atoms with Crippen molar-refractivity contribution in [3.05, 3.63) is 78.0 Å². The molecule has 0 amide bonds. The molecule has 0 bridgehead atoms. The number of carboxylic acid groups (broad SMARTS) is 1. The Labute approximate surface area is 178 Å². The van der Waals surface area contributed by atoms with Crippen molar-refractivity contribution in [3.63, 3.8) is 0 Å². The topological polar surface area (TPSA) is 62.2 Å². The molecule has 0 radical (unpaired) electrons. The minimum atomic E-state index is -0.670. The van der Waals surface area contributed by atoms with Crippen LogP contribution >= 0.6 is 0 Å². The summed E-state index contributed by atoms with van der Waals surface area (Å²) < 4.78 is 0. The fourth-order valence-corrected chi connectivity index (χ4v) is 4.40. The van der Waals surface area contributed by atoms with E-state index in [-0.39, 0.29) is 0 Å². The van der Waals surface area contributed by atoms with Gasteiger partial charge in [-0.15, -0.1) is 0 Å². The Bertz CT molecular complexity index is 988. The van der Waals surface area contributed by atoms with E-state index < -0.39 is 5.97 Å². The van der Waals surface area contributed by atoms with E-state index >= 15 is 0 Å². The number of hydrogen-bond acceptors (Lipinski definition) is 3. The molecule has 0 atom stereocenters. The number of carbonyl (C=O) groups is 1. The minimum absolute atomic E-state index is 0.313. The molecular formula is C26H28N2O2. The van der Waals surface area contributed by atoms with Crippen LogP contribution in [-0.2, 0) is 4.79 Å². The van der Waals surface area contributed by atoms with Gasteiger partial charge in [0.25, 0.3) is 0 Å². The number of nitrogens with one attached hydrogen (secondary N) is 1. The molecule has 1 heterocycles. The van der Waals surface area contributed by atoms with Gasteiger partial charge in [0, 0.05) is 23.9 Å². The Morgan fingerprint density at radius 3 is 2.37 bits per heavy atom. The highest BCUT2D eigenvalue weighted by Gasteiger charge is 2.23. The molecule has 1 saturated carbocycles. The third kappa shape index (κ3) is 5.07. The summed E-state index contributed by atoms with van der Waals surface area (Å²) in [6.07, 6.45) is 6.41. The monoisotopic (exact) mass is 400 g/mol. The third-order valence-electron chi connectivity index (χ3n) is 6.08. The van der Waals surface area contributed by atoms with E-state index in [9.17, 15) is 4.79 Å². The first kappa shape index (κ1) is 20.1. The summed E-state index contributed by atoms with van der Waals surface area (Å²) in [6.45, 7) is 2.08. The third-order valence-corrected chi connectivity index (χ3v) is 6.08. The molecule has 2 N–H and O–H groups in total. The second-order valence-corrected chi connectivity index (χ2v) is 8.36. The van der Waals surface area contributed by atoms with Gasteiger partial charge < -0.3 is 10.4 Å². The zero-order valence-electron chi connectivity index (χ0n) is 17.3. The molecule has 4 nitrogen and oxygen atoms in total. The van der Waals surface area contributed by atoms with E-state index in [2.05, 4.69) is 59.7 Å². The van der Waals surface area contributed by atoms with Gasteiger partial charge >= 0.3 is 5.97 Å². The molecule has 2 aromatic carbocycles. The number of hydrogen-bond donors (Lipinski definition) is 2. The van der Waals surface area contributed by atoms with E-state index in [1.807, 2.05) is 24.4 Å². The van der Waals surface area contributed by atoms with Crippen LogP contribution in [0.25, 0.3) is 11.1 Å². The van der Waals surface area contributed by atoms with Crippen LogP contribution in [0.4, 0.5) is 11.5 Å². The van der Waals surface area contributed by atoms with E-state index in [0.717, 1.165) is 48.3 Å². The summed E-state index contributed by atoms with van der Waals surface area (Å²) in [7, 11) is 0. The number of pyridine rings is 1. The van der Waals surface area contributed by atoms with Gasteiger partial charge in [-0.05, 0) is 85.4 Å². The maximum Gasteiger partial charge on any atom is 0.303 e. The van der Waals surface area contributed by atoms with Gasteiger partial charge in [-0.2, -0.15) is 0 Å². The lowest BCUT2D eigenvalue weighted by Gasteiger charge is -2.28. The predicted molar refractivity (Wildman–Crippen MR) is 121 cm³/mol. The Morgan fingerprint density at radius 1 is 1.00 bits per heavy atom. The van der Waals surface area contributed by atoms with Gasteiger partial charge in [0.1, 0.15) is 5.82 Å². The van der Waals surface area contributed by atoms with Crippen molar-refractivity contribution in [3.8, 4) is 11.1 Å². The first-order valence-corrected chi connectivity index (χ1v) is 10.7. The average molecular weight is 401 g/mol. The lowest BCUT2D eigenvalue weighted by molar-refractivity contribution is -0.138. The van der Waals surface area contributed by atoms with Crippen molar-refractivity contribution in [2.75, 3.05) is 5.32 Å². The highest BCUT2D eigenvalue weighted by Crippen LogP contribution is 2.37. The van der Waals surface area contributed by atoms with Gasteiger partial charge in [-0.25, -0.2) is 4.98 Å². The van der Waals surface area contributed by atoms with E-state index in [1.54, 1.807) is 0 Å². The van der Waals surface area contributed by atoms with Crippen LogP contribution in [0.15, 0.2) is 66.9 Å². The normalized spacial score (nSPS) is 18.7. The second kappa shape index (κ2) is 9.12. The number of nitrogens with zero attached hydrogens (tertiary/aromatic N) is 1. The van der Waals surface area contributed by atoms with Crippen molar-refractivity contribution in [1.29, 1.82) is 0 Å². The van der Waals surface area contributed by atoms with Crippen LogP contribution in [0, 0.1) is 12.8 Å². The first-order valence-electron chi connectivity index (χ1n) is 10.7. The Hall–Kier alpha value is -3.14. The van der Waals surface area contributed by atoms with Crippen molar-refractivity contribution in [1.82, 2.24) is 4.98 Å². The van der Waals surface area contributed by atoms with Gasteiger partial charge in [0.05, 0.1) is 0 Å². The summed E-state index contributed by atoms with van der Waals surface area (Å²) in [5.41, 5.74) is 5.87. The van der Waals surface area contributed by atoms with Gasteiger partial charge in [-0.1, -0.05) is 36.4 Å². The number of aliphatic carboxylic acids is 1. The standard InChI is InChI=1S/C26H28N2O2/c1-18-3-2-4-24(15-18)28-25-14-13-23(17-27-25)22-11-9-21(10-12-22)20-7-5-19(6-8-20)16-26(29)30/h2-4,9-15,17,19-20H,5-8,16H2,1H3,(H,27,28)(H,29,30). The molecule has 0 unspecified atom stereocenters. The molecule has 1 fully saturated rings. The van der Waals surface area contributed by atoms with Crippen LogP contribution in [-0.4, -0.2) is 16.1 Å². The number of aryl methyl sites for hydroxylation is 1. The predicted octanol–water partition coefficient (Wildman–Crippen LogP) is 6.55. The summed E-state index contributed by atoms with van der Waals surface area (Å²) in [4.78, 5) is 15.5. The summed E-state index contributed by atoms with van der Waals surface area (Å²) >= 11 is 0. The highest BCUT2D eigenvalue weighted by molar-refractivity contribution is 5.67. The maximum atomic E-state index is 10.9. The Balaban J connectivity index is 1.37. The lowest BCUT2D eigenvalue weighted by Crippen LogP contribution is -2.16. The molecule has 1 aliphatic rings. The van der Waals surface area contributed by atoms with Crippen molar-refractivity contribution < 1.29 is 9.90 Å². The van der Waals surface area contributed by atoms with Crippen molar-refractivity contribution >= 4 is 17.5 Å². The average Bonchev–Trinajstić information content (AvgIpc) is 2.75. The van der Waals surface area contributed by atoms with Crippen molar-refractivity contribution in [2.45, 2.75) is 44.9 Å². The smallest absolute Gasteiger partial charge is 0.303 e. The van der Waals surface area contributed by atoms with Crippen LogP contribution in [0.2, 0.25) is 0 Å². The minimum Gasteiger partial charge on any atom is -0.481 e. The quantitative estimate of drug-likeness (QED) is 0.492. The van der Waals surface area contributed by atoms with Crippen LogP contribution in [0.5, 0.6) is 0 Å². The van der Waals surface area contributed by atoms with Gasteiger partial charge in [0.15, 0.2) is 0 Å². The van der Waals surface area contributed by atoms with Crippen LogP contribution in [0.1, 0.15) is 49.1 Å². The van der Waals surface area contributed by atoms with Gasteiger partial charge in [-0.3, -0.25) is 4.79 Å². The molecule has 4 heteroatoms. The number of benzene rings is 2. The highest BCUT2D eigenvalue weighted by atomic mass is 16.4. The summed E-state index contributed by atoms with van der Waals surface area (Å²) in [5, 5.41) is 12.3. The molecular weight excluding hydrogens is 372 g/mol. The fraction of sp³-hybridized carbons (Fsp3) is 0.308. The van der Waals surface area contributed by atoms with Gasteiger partial charge in [0.2, 0.25) is 0 Å². The van der Waals surface area contributed by atoms with E-state index in [1.165, 1.54) is 11.1 Å². The zero-order chi connectivity index (χ0) is 20.9. The fourth-order valence-electron chi connectivity index (χ4n) is 4.40. The SMILES string of the molecule is Cc1cccc(Nc2ccc(-c3ccc(C4CCC(CC(=O)O)CC4)cc3)cn2)c1. The van der Waals surface area contributed by atoms with Crippen LogP contribution in [0.3, 0.4) is 0 Å². The molecule has 154 valence electrons. The second-order valence-electron chi connectivity index (χ2n) is 8.36. The Kier molecular flexibility index (Phi) is 6.12. The number of rotatable bonds is 6. The Morgan fingerprint density at radius 2 is 1.73 bits per heavy atom. The summed E-state index contributed by atoms with van der Waals surface area (Å²) in [6, 6.07) is 21.1. The zero-order valence-corrected chi connectivity index (χ0v) is 17.3. The lowest BCUT2D eigenvalue weighted by atomic mass is 9.77. The first-order chi connectivity index (χ1) is 14.6. The molecule has 4 rings (SSSR count). The largest absolute Gasteiger partial charge is 0.481 e. The number of anilines is 2. The summed E-state index contributed by atoms with van der Waals surface area (Å²) in [5.74, 6) is 1.05. The van der Waals surface area contributed by atoms with Crippen molar-refractivity contribution in [2.24, 2.45) is 5.92 Å².